The maximum atomic E-state index is 14.4. The molecule has 1 unspecified atom stereocenters. The van der Waals surface area contributed by atoms with E-state index in [2.05, 4.69) is 36.1 Å². The molecule has 0 aliphatic rings. The molecule has 30 heavy (non-hydrogen) atoms. The van der Waals surface area contributed by atoms with Gasteiger partial charge in [-0.05, 0) is 41.0 Å². The third kappa shape index (κ3) is 6.22. The van der Waals surface area contributed by atoms with Crippen molar-refractivity contribution in [1.82, 2.24) is 4.90 Å². The Bertz CT molecular complexity index is 901. The Hall–Kier alpha value is -2.56. The van der Waals surface area contributed by atoms with Gasteiger partial charge in [0, 0.05) is 25.7 Å². The molecule has 158 valence electrons. The first-order valence-corrected chi connectivity index (χ1v) is 10.4. The molecule has 0 fully saturated rings. The molecule has 0 amide bonds. The van der Waals surface area contributed by atoms with Crippen molar-refractivity contribution in [3.05, 3.63) is 107 Å². The Balaban J connectivity index is 1.80. The molecule has 0 heterocycles. The molecule has 0 aromatic heterocycles. The van der Waals surface area contributed by atoms with Crippen molar-refractivity contribution in [3.63, 3.8) is 0 Å². The average Bonchev–Trinajstić information content (AvgIpc) is 2.74. The summed E-state index contributed by atoms with van der Waals surface area (Å²) in [5.41, 5.74) is 2.85. The summed E-state index contributed by atoms with van der Waals surface area (Å²) in [6.07, 6.45) is 0.496. The summed E-state index contributed by atoms with van der Waals surface area (Å²) < 4.78 is 27.7. The van der Waals surface area contributed by atoms with Crippen LogP contribution in [0.2, 0.25) is 0 Å². The Morgan fingerprint density at radius 3 is 2.20 bits per heavy atom. The number of halogens is 2. The van der Waals surface area contributed by atoms with E-state index in [4.69, 9.17) is 0 Å². The van der Waals surface area contributed by atoms with E-state index in [9.17, 15) is 13.9 Å². The molecule has 0 aliphatic heterocycles. The number of aliphatic hydroxyl groups is 1. The third-order valence-corrected chi connectivity index (χ3v) is 5.58. The zero-order valence-corrected chi connectivity index (χ0v) is 17.3. The Labute approximate surface area is 177 Å². The van der Waals surface area contributed by atoms with Gasteiger partial charge in [0.1, 0.15) is 11.6 Å². The van der Waals surface area contributed by atoms with Gasteiger partial charge in [0.2, 0.25) is 0 Å². The standard InChI is InChI=1S/C26H29F2NO/c1-20(18-29(14-15-30)19-21-8-4-2-5-9-21)25(22-10-6-3-7-11-22)16-23-12-13-24(27)17-26(23)28/h2-13,17,20,25,30H,14-16,18-19H2,1H3/t20?,25-/m1/s1. The van der Waals surface area contributed by atoms with Gasteiger partial charge in [-0.2, -0.15) is 0 Å². The largest absolute Gasteiger partial charge is 0.395 e. The first kappa shape index (κ1) is 22.1. The van der Waals surface area contributed by atoms with Crippen LogP contribution in [0, 0.1) is 17.6 Å². The lowest BCUT2D eigenvalue weighted by atomic mass is 9.82. The normalized spacial score (nSPS) is 13.4. The molecule has 1 N–H and O–H groups in total. The van der Waals surface area contributed by atoms with Gasteiger partial charge in [-0.3, -0.25) is 4.90 Å². The van der Waals surface area contributed by atoms with Gasteiger partial charge in [-0.15, -0.1) is 0 Å². The van der Waals surface area contributed by atoms with Gasteiger partial charge in [0.05, 0.1) is 6.61 Å². The lowest BCUT2D eigenvalue weighted by Crippen LogP contribution is -2.33. The summed E-state index contributed by atoms with van der Waals surface area (Å²) in [6.45, 7) is 4.33. The average molecular weight is 410 g/mol. The van der Waals surface area contributed by atoms with Crippen LogP contribution in [0.5, 0.6) is 0 Å². The Morgan fingerprint density at radius 2 is 1.57 bits per heavy atom. The monoisotopic (exact) mass is 409 g/mol. The van der Waals surface area contributed by atoms with E-state index in [0.29, 0.717) is 18.5 Å². The van der Waals surface area contributed by atoms with E-state index < -0.39 is 11.6 Å². The van der Waals surface area contributed by atoms with Crippen molar-refractivity contribution < 1.29 is 13.9 Å². The van der Waals surface area contributed by atoms with Crippen LogP contribution in [-0.4, -0.2) is 29.7 Å². The van der Waals surface area contributed by atoms with Gasteiger partial charge in [-0.1, -0.05) is 73.7 Å². The maximum absolute atomic E-state index is 14.4. The van der Waals surface area contributed by atoms with Gasteiger partial charge in [-0.25, -0.2) is 8.78 Å². The SMILES string of the molecule is CC(CN(CCO)Cc1ccccc1)[C@@H](Cc1ccc(F)cc1F)c1ccccc1. The highest BCUT2D eigenvalue weighted by Crippen LogP contribution is 2.30. The molecule has 3 rings (SSSR count). The molecule has 0 saturated carbocycles. The van der Waals surface area contributed by atoms with Gasteiger partial charge in [0.25, 0.3) is 0 Å². The van der Waals surface area contributed by atoms with E-state index in [1.54, 1.807) is 6.07 Å². The van der Waals surface area contributed by atoms with Crippen molar-refractivity contribution in [2.75, 3.05) is 19.7 Å². The summed E-state index contributed by atoms with van der Waals surface area (Å²) in [7, 11) is 0. The van der Waals surface area contributed by atoms with E-state index in [1.165, 1.54) is 11.6 Å². The Kier molecular flexibility index (Phi) is 8.12. The molecule has 0 aliphatic carbocycles. The van der Waals surface area contributed by atoms with E-state index in [-0.39, 0.29) is 18.4 Å². The lowest BCUT2D eigenvalue weighted by Gasteiger charge is -2.31. The van der Waals surface area contributed by atoms with E-state index in [0.717, 1.165) is 24.7 Å². The highest BCUT2D eigenvalue weighted by Gasteiger charge is 2.23. The topological polar surface area (TPSA) is 23.5 Å². The quantitative estimate of drug-likeness (QED) is 0.483. The maximum Gasteiger partial charge on any atom is 0.129 e. The summed E-state index contributed by atoms with van der Waals surface area (Å²) in [4.78, 5) is 2.23. The minimum Gasteiger partial charge on any atom is -0.395 e. The first-order chi connectivity index (χ1) is 14.6. The van der Waals surface area contributed by atoms with Crippen LogP contribution in [0.3, 0.4) is 0 Å². The minimum atomic E-state index is -0.558. The fourth-order valence-corrected chi connectivity index (χ4v) is 4.02. The molecule has 0 bridgehead atoms. The highest BCUT2D eigenvalue weighted by molar-refractivity contribution is 5.26. The van der Waals surface area contributed by atoms with Crippen molar-refractivity contribution in [3.8, 4) is 0 Å². The summed E-state index contributed by atoms with van der Waals surface area (Å²) in [5, 5.41) is 9.55. The fourth-order valence-electron chi connectivity index (χ4n) is 4.02. The second-order valence-electron chi connectivity index (χ2n) is 7.88. The molecule has 3 aromatic carbocycles. The fraction of sp³-hybridized carbons (Fsp3) is 0.308. The van der Waals surface area contributed by atoms with Gasteiger partial charge < -0.3 is 5.11 Å². The second kappa shape index (κ2) is 11.0. The van der Waals surface area contributed by atoms with Crippen LogP contribution in [0.25, 0.3) is 0 Å². The second-order valence-corrected chi connectivity index (χ2v) is 7.88. The van der Waals surface area contributed by atoms with Gasteiger partial charge in [0.15, 0.2) is 0 Å². The van der Waals surface area contributed by atoms with Crippen LogP contribution in [0.1, 0.15) is 29.5 Å². The number of rotatable bonds is 10. The predicted molar refractivity (Wildman–Crippen MR) is 117 cm³/mol. The van der Waals surface area contributed by atoms with Crippen molar-refractivity contribution in [2.24, 2.45) is 5.92 Å². The van der Waals surface area contributed by atoms with Crippen LogP contribution >= 0.6 is 0 Å². The van der Waals surface area contributed by atoms with Crippen LogP contribution in [-0.2, 0) is 13.0 Å². The highest BCUT2D eigenvalue weighted by atomic mass is 19.1. The van der Waals surface area contributed by atoms with Crippen molar-refractivity contribution >= 4 is 0 Å². The zero-order valence-electron chi connectivity index (χ0n) is 17.3. The molecule has 2 nitrogen and oxygen atoms in total. The van der Waals surface area contributed by atoms with Crippen molar-refractivity contribution in [2.45, 2.75) is 25.8 Å². The predicted octanol–water partition coefficient (Wildman–Crippen LogP) is 5.42. The number of hydrogen-bond donors (Lipinski definition) is 1. The van der Waals surface area contributed by atoms with E-state index in [1.807, 2.05) is 36.4 Å². The van der Waals surface area contributed by atoms with Crippen LogP contribution in [0.4, 0.5) is 8.78 Å². The first-order valence-electron chi connectivity index (χ1n) is 10.4. The molecule has 0 radical (unpaired) electrons. The molecular formula is C26H29F2NO. The van der Waals surface area contributed by atoms with Crippen LogP contribution in [0.15, 0.2) is 78.9 Å². The van der Waals surface area contributed by atoms with Gasteiger partial charge >= 0.3 is 0 Å². The number of benzene rings is 3. The third-order valence-electron chi connectivity index (χ3n) is 5.58. The van der Waals surface area contributed by atoms with Crippen molar-refractivity contribution in [1.29, 1.82) is 0 Å². The summed E-state index contributed by atoms with van der Waals surface area (Å²) in [6, 6.07) is 24.1. The lowest BCUT2D eigenvalue weighted by molar-refractivity contribution is 0.164. The molecule has 2 atom stereocenters. The zero-order chi connectivity index (χ0) is 21.3. The van der Waals surface area contributed by atoms with Crippen LogP contribution < -0.4 is 0 Å². The molecule has 4 heteroatoms. The molecule has 0 saturated heterocycles. The molecule has 0 spiro atoms. The number of hydrogen-bond acceptors (Lipinski definition) is 2. The summed E-state index contributed by atoms with van der Waals surface area (Å²) in [5.74, 6) is -0.785. The van der Waals surface area contributed by atoms with E-state index >= 15 is 0 Å². The molecule has 3 aromatic rings. The summed E-state index contributed by atoms with van der Waals surface area (Å²) >= 11 is 0. The number of aliphatic hydroxyl groups excluding tert-OH is 1. The molecular weight excluding hydrogens is 380 g/mol. The minimum absolute atomic E-state index is 0.0723. The Morgan fingerprint density at radius 1 is 0.900 bits per heavy atom. The smallest absolute Gasteiger partial charge is 0.129 e. The number of nitrogens with zero attached hydrogens (tertiary/aromatic N) is 1.